The van der Waals surface area contributed by atoms with Crippen LogP contribution in [0, 0.1) is 5.92 Å². The van der Waals surface area contributed by atoms with E-state index in [0.717, 1.165) is 32.4 Å². The van der Waals surface area contributed by atoms with E-state index in [9.17, 15) is 4.79 Å². The van der Waals surface area contributed by atoms with Crippen LogP contribution in [-0.4, -0.2) is 19.0 Å². The van der Waals surface area contributed by atoms with E-state index in [2.05, 4.69) is 5.32 Å². The molecule has 0 unspecified atom stereocenters. The Hall–Kier alpha value is -0.570. The highest BCUT2D eigenvalue weighted by atomic mass is 16.1. The Morgan fingerprint density at radius 2 is 2.36 bits per heavy atom. The Kier molecular flexibility index (Phi) is 3.36. The third-order valence-corrected chi connectivity index (χ3v) is 2.23. The SMILES string of the molecule is NCC[C@@H]1CCNC(=O)CC1. The zero-order valence-corrected chi connectivity index (χ0v) is 6.81. The van der Waals surface area contributed by atoms with Gasteiger partial charge in [0.25, 0.3) is 0 Å². The molecule has 0 aromatic heterocycles. The van der Waals surface area contributed by atoms with Gasteiger partial charge in [0.15, 0.2) is 0 Å². The zero-order valence-electron chi connectivity index (χ0n) is 6.81. The molecule has 3 nitrogen and oxygen atoms in total. The molecule has 0 aromatic carbocycles. The van der Waals surface area contributed by atoms with Gasteiger partial charge >= 0.3 is 0 Å². The van der Waals surface area contributed by atoms with Crippen LogP contribution in [-0.2, 0) is 4.79 Å². The third-order valence-electron chi connectivity index (χ3n) is 2.23. The first-order valence-electron chi connectivity index (χ1n) is 4.29. The first-order chi connectivity index (χ1) is 5.33. The predicted octanol–water partition coefficient (Wildman–Crippen LogP) is 0.251. The molecule has 3 heteroatoms. The summed E-state index contributed by atoms with van der Waals surface area (Å²) in [5, 5.41) is 2.85. The van der Waals surface area contributed by atoms with E-state index < -0.39 is 0 Å². The second-order valence-corrected chi connectivity index (χ2v) is 3.12. The molecule has 0 aromatic rings. The number of hydrogen-bond donors (Lipinski definition) is 2. The molecule has 1 saturated heterocycles. The lowest BCUT2D eigenvalue weighted by atomic mass is 9.97. The van der Waals surface area contributed by atoms with Crippen molar-refractivity contribution in [3.05, 3.63) is 0 Å². The van der Waals surface area contributed by atoms with Crippen molar-refractivity contribution >= 4 is 5.91 Å². The van der Waals surface area contributed by atoms with Crippen LogP contribution in [0.25, 0.3) is 0 Å². The molecule has 3 N–H and O–H groups in total. The van der Waals surface area contributed by atoms with Gasteiger partial charge in [0, 0.05) is 13.0 Å². The van der Waals surface area contributed by atoms with Crippen LogP contribution in [0.15, 0.2) is 0 Å². The molecular formula is C8H16N2O. The van der Waals surface area contributed by atoms with Gasteiger partial charge in [-0.05, 0) is 31.7 Å². The summed E-state index contributed by atoms with van der Waals surface area (Å²) in [4.78, 5) is 10.9. The molecule has 1 rings (SSSR count). The van der Waals surface area contributed by atoms with Gasteiger partial charge in [-0.2, -0.15) is 0 Å². The fourth-order valence-corrected chi connectivity index (χ4v) is 1.51. The summed E-state index contributed by atoms with van der Waals surface area (Å²) in [6.07, 6.45) is 3.87. The molecule has 0 bridgehead atoms. The minimum Gasteiger partial charge on any atom is -0.356 e. The molecule has 0 radical (unpaired) electrons. The van der Waals surface area contributed by atoms with E-state index in [1.54, 1.807) is 0 Å². The molecule has 1 aliphatic rings. The second-order valence-electron chi connectivity index (χ2n) is 3.12. The van der Waals surface area contributed by atoms with Crippen LogP contribution >= 0.6 is 0 Å². The highest BCUT2D eigenvalue weighted by Gasteiger charge is 2.14. The predicted molar refractivity (Wildman–Crippen MR) is 44.0 cm³/mol. The summed E-state index contributed by atoms with van der Waals surface area (Å²) >= 11 is 0. The molecule has 0 saturated carbocycles. The van der Waals surface area contributed by atoms with Crippen molar-refractivity contribution in [1.82, 2.24) is 5.32 Å². The molecule has 1 heterocycles. The topological polar surface area (TPSA) is 55.1 Å². The lowest BCUT2D eigenvalue weighted by molar-refractivity contribution is -0.120. The molecule has 1 fully saturated rings. The number of carbonyl (C=O) groups is 1. The Morgan fingerprint density at radius 1 is 1.55 bits per heavy atom. The van der Waals surface area contributed by atoms with Crippen molar-refractivity contribution in [1.29, 1.82) is 0 Å². The molecular weight excluding hydrogens is 140 g/mol. The first kappa shape index (κ1) is 8.53. The molecule has 1 amide bonds. The number of rotatable bonds is 2. The van der Waals surface area contributed by atoms with Gasteiger partial charge in [-0.15, -0.1) is 0 Å². The molecule has 1 aliphatic heterocycles. The van der Waals surface area contributed by atoms with E-state index in [4.69, 9.17) is 5.73 Å². The second kappa shape index (κ2) is 4.34. The van der Waals surface area contributed by atoms with E-state index in [0.29, 0.717) is 12.3 Å². The largest absolute Gasteiger partial charge is 0.356 e. The smallest absolute Gasteiger partial charge is 0.220 e. The fourth-order valence-electron chi connectivity index (χ4n) is 1.51. The van der Waals surface area contributed by atoms with Crippen LogP contribution < -0.4 is 11.1 Å². The number of carbonyl (C=O) groups excluding carboxylic acids is 1. The molecule has 1 atom stereocenters. The van der Waals surface area contributed by atoms with Gasteiger partial charge in [-0.25, -0.2) is 0 Å². The first-order valence-corrected chi connectivity index (χ1v) is 4.29. The van der Waals surface area contributed by atoms with E-state index in [1.165, 1.54) is 0 Å². The highest BCUT2D eigenvalue weighted by molar-refractivity contribution is 5.76. The van der Waals surface area contributed by atoms with Crippen LogP contribution in [0.2, 0.25) is 0 Å². The summed E-state index contributed by atoms with van der Waals surface area (Å²) in [5.41, 5.74) is 5.44. The maximum absolute atomic E-state index is 10.9. The average Bonchev–Trinajstić information content (AvgIpc) is 2.17. The van der Waals surface area contributed by atoms with E-state index >= 15 is 0 Å². The Balaban J connectivity index is 2.28. The van der Waals surface area contributed by atoms with E-state index in [-0.39, 0.29) is 5.91 Å². The van der Waals surface area contributed by atoms with Gasteiger partial charge in [-0.1, -0.05) is 0 Å². The van der Waals surface area contributed by atoms with Gasteiger partial charge in [0.05, 0.1) is 0 Å². The Labute approximate surface area is 67.3 Å². The molecule has 11 heavy (non-hydrogen) atoms. The monoisotopic (exact) mass is 156 g/mol. The lowest BCUT2D eigenvalue weighted by Crippen LogP contribution is -2.21. The van der Waals surface area contributed by atoms with Crippen molar-refractivity contribution in [3.63, 3.8) is 0 Å². The van der Waals surface area contributed by atoms with Crippen molar-refractivity contribution < 1.29 is 4.79 Å². The highest BCUT2D eigenvalue weighted by Crippen LogP contribution is 2.16. The quantitative estimate of drug-likeness (QED) is 0.602. The summed E-state index contributed by atoms with van der Waals surface area (Å²) in [7, 11) is 0. The normalized spacial score (nSPS) is 25.9. The summed E-state index contributed by atoms with van der Waals surface area (Å²) < 4.78 is 0. The number of nitrogens with one attached hydrogen (secondary N) is 1. The minimum absolute atomic E-state index is 0.199. The van der Waals surface area contributed by atoms with Gasteiger partial charge in [0.2, 0.25) is 5.91 Å². The number of nitrogens with two attached hydrogens (primary N) is 1. The van der Waals surface area contributed by atoms with Gasteiger partial charge in [-0.3, -0.25) is 4.79 Å². The van der Waals surface area contributed by atoms with Crippen molar-refractivity contribution in [2.45, 2.75) is 25.7 Å². The lowest BCUT2D eigenvalue weighted by Gasteiger charge is -2.09. The maximum Gasteiger partial charge on any atom is 0.220 e. The average molecular weight is 156 g/mol. The molecule has 64 valence electrons. The zero-order chi connectivity index (χ0) is 8.10. The van der Waals surface area contributed by atoms with Crippen molar-refractivity contribution in [3.8, 4) is 0 Å². The van der Waals surface area contributed by atoms with Crippen LogP contribution in [0.3, 0.4) is 0 Å². The van der Waals surface area contributed by atoms with E-state index in [1.807, 2.05) is 0 Å². The van der Waals surface area contributed by atoms with Crippen LogP contribution in [0.4, 0.5) is 0 Å². The van der Waals surface area contributed by atoms with Gasteiger partial charge < -0.3 is 11.1 Å². The summed E-state index contributed by atoms with van der Waals surface area (Å²) in [5.74, 6) is 0.864. The minimum atomic E-state index is 0.199. The maximum atomic E-state index is 10.9. The van der Waals surface area contributed by atoms with Crippen molar-refractivity contribution in [2.75, 3.05) is 13.1 Å². The third kappa shape index (κ3) is 2.89. The van der Waals surface area contributed by atoms with Gasteiger partial charge in [0.1, 0.15) is 0 Å². The molecule has 0 aliphatic carbocycles. The van der Waals surface area contributed by atoms with Crippen LogP contribution in [0.5, 0.6) is 0 Å². The summed E-state index contributed by atoms with van der Waals surface area (Å²) in [6, 6.07) is 0. The molecule has 0 spiro atoms. The summed E-state index contributed by atoms with van der Waals surface area (Å²) in [6.45, 7) is 1.59. The Bertz CT molecular complexity index is 136. The number of hydrogen-bond acceptors (Lipinski definition) is 2. The number of amides is 1. The standard InChI is InChI=1S/C8H16N2O/c9-5-3-7-1-2-8(11)10-6-4-7/h7H,1-6,9H2,(H,10,11)/t7-/m1/s1. The fraction of sp³-hybridized carbons (Fsp3) is 0.875. The van der Waals surface area contributed by atoms with Crippen molar-refractivity contribution in [2.24, 2.45) is 11.7 Å². The Morgan fingerprint density at radius 3 is 3.09 bits per heavy atom. The van der Waals surface area contributed by atoms with Crippen LogP contribution in [0.1, 0.15) is 25.7 Å².